The first-order valence-electron chi connectivity index (χ1n) is 12.2. The van der Waals surface area contributed by atoms with Crippen LogP contribution >= 0.6 is 0 Å². The smallest absolute Gasteiger partial charge is 0.245 e. The summed E-state index contributed by atoms with van der Waals surface area (Å²) in [5, 5.41) is 8.90. The molecule has 0 aliphatic carbocycles. The number of aromatic amines is 1. The van der Waals surface area contributed by atoms with E-state index in [4.69, 9.17) is 10.3 Å². The van der Waals surface area contributed by atoms with Gasteiger partial charge in [0.2, 0.25) is 11.8 Å². The van der Waals surface area contributed by atoms with Crippen molar-refractivity contribution in [2.45, 2.75) is 50.6 Å². The molecule has 1 fully saturated rings. The first kappa shape index (κ1) is 24.0. The third-order valence-corrected chi connectivity index (χ3v) is 6.94. The van der Waals surface area contributed by atoms with E-state index in [1.165, 1.54) is 12.1 Å². The molecule has 1 aliphatic heterocycles. The third kappa shape index (κ3) is 4.70. The molecular weight excluding hydrogens is 461 g/mol. The largest absolute Gasteiger partial charge is 0.361 e. The number of likely N-dealkylation sites (tertiary alicyclic amines) is 1. The Morgan fingerprint density at radius 2 is 1.97 bits per heavy atom. The Bertz CT molecular complexity index is 1410. The minimum atomic E-state index is -1.11. The van der Waals surface area contributed by atoms with Gasteiger partial charge in [-0.3, -0.25) is 9.59 Å². The molecule has 0 unspecified atom stereocenters. The predicted octanol–water partition coefficient (Wildman–Crippen LogP) is 3.62. The fraction of sp³-hybridized carbons (Fsp3) is 0.370. The first-order valence-corrected chi connectivity index (χ1v) is 12.2. The van der Waals surface area contributed by atoms with E-state index < -0.39 is 11.6 Å². The van der Waals surface area contributed by atoms with Crippen LogP contribution in [0.1, 0.15) is 43.9 Å². The van der Waals surface area contributed by atoms with Gasteiger partial charge in [-0.15, -0.1) is 0 Å². The lowest BCUT2D eigenvalue weighted by molar-refractivity contribution is -0.138. The van der Waals surface area contributed by atoms with E-state index >= 15 is 0 Å². The maximum atomic E-state index is 13.7. The van der Waals surface area contributed by atoms with Crippen LogP contribution in [0.4, 0.5) is 4.39 Å². The van der Waals surface area contributed by atoms with Crippen LogP contribution in [0.5, 0.6) is 0 Å². The van der Waals surface area contributed by atoms with Crippen molar-refractivity contribution in [3.63, 3.8) is 0 Å². The molecule has 2 aromatic heterocycles. The minimum Gasteiger partial charge on any atom is -0.361 e. The number of carbonyl (C=O) groups excluding carboxylic acids is 2. The molecule has 0 spiro atoms. The normalized spacial score (nSPS) is 15.9. The monoisotopic (exact) mass is 491 g/mol. The molecule has 2 amide bonds. The van der Waals surface area contributed by atoms with Gasteiger partial charge >= 0.3 is 0 Å². The zero-order valence-corrected chi connectivity index (χ0v) is 20.4. The average molecular weight is 492 g/mol. The van der Waals surface area contributed by atoms with Gasteiger partial charge in [-0.25, -0.2) is 4.39 Å². The Balaban J connectivity index is 1.32. The standard InChI is InChI=1S/C27H30FN5O3/c1-27(2,29)26(35)31-22(13-17-15-30-21-6-4-3-5-19(17)21)25(34)33-11-9-16(10-12-33)24-20-8-7-18(28)14-23(20)36-32-24/h3-8,14-16,22,30H,9-13,29H2,1-2H3,(H,31,35)/t22-/m1/s1. The summed E-state index contributed by atoms with van der Waals surface area (Å²) in [4.78, 5) is 31.4. The molecule has 188 valence electrons. The highest BCUT2D eigenvalue weighted by Crippen LogP contribution is 2.33. The van der Waals surface area contributed by atoms with Gasteiger partial charge < -0.3 is 25.5 Å². The highest BCUT2D eigenvalue weighted by Gasteiger charge is 2.34. The fourth-order valence-corrected chi connectivity index (χ4v) is 4.88. The summed E-state index contributed by atoms with van der Waals surface area (Å²) in [6.45, 7) is 4.28. The topological polar surface area (TPSA) is 117 Å². The van der Waals surface area contributed by atoms with Crippen LogP contribution in [0, 0.1) is 5.82 Å². The Morgan fingerprint density at radius 1 is 1.22 bits per heavy atom. The van der Waals surface area contributed by atoms with Gasteiger partial charge in [-0.05, 0) is 50.5 Å². The summed E-state index contributed by atoms with van der Waals surface area (Å²) >= 11 is 0. The fourth-order valence-electron chi connectivity index (χ4n) is 4.88. The molecule has 1 saturated heterocycles. The average Bonchev–Trinajstić information content (AvgIpc) is 3.46. The van der Waals surface area contributed by atoms with Gasteiger partial charge in [0.15, 0.2) is 5.58 Å². The number of rotatable bonds is 6. The molecule has 1 aliphatic rings. The van der Waals surface area contributed by atoms with Crippen molar-refractivity contribution in [3.8, 4) is 0 Å². The Hall–Kier alpha value is -3.72. The van der Waals surface area contributed by atoms with Crippen molar-refractivity contribution in [2.24, 2.45) is 5.73 Å². The van der Waals surface area contributed by atoms with Crippen LogP contribution in [0.2, 0.25) is 0 Å². The molecule has 0 radical (unpaired) electrons. The van der Waals surface area contributed by atoms with Crippen molar-refractivity contribution < 1.29 is 18.5 Å². The number of nitrogens with zero attached hydrogens (tertiary/aromatic N) is 2. The Labute approximate surface area is 208 Å². The minimum absolute atomic E-state index is 0.102. The van der Waals surface area contributed by atoms with Gasteiger partial charge in [0, 0.05) is 54.0 Å². The molecular formula is C27H30FN5O3. The lowest BCUT2D eigenvalue weighted by Gasteiger charge is -2.34. The number of benzene rings is 2. The molecule has 4 aromatic rings. The number of hydrogen-bond donors (Lipinski definition) is 3. The molecule has 8 nitrogen and oxygen atoms in total. The highest BCUT2D eigenvalue weighted by molar-refractivity contribution is 5.92. The maximum Gasteiger partial charge on any atom is 0.245 e. The second-order valence-electron chi connectivity index (χ2n) is 10.1. The maximum absolute atomic E-state index is 13.7. The van der Waals surface area contributed by atoms with E-state index in [0.29, 0.717) is 37.9 Å². The number of aromatic nitrogens is 2. The van der Waals surface area contributed by atoms with E-state index in [-0.39, 0.29) is 23.5 Å². The molecule has 36 heavy (non-hydrogen) atoms. The number of para-hydroxylation sites is 1. The quantitative estimate of drug-likeness (QED) is 0.381. The lowest BCUT2D eigenvalue weighted by Crippen LogP contribution is -2.57. The summed E-state index contributed by atoms with van der Waals surface area (Å²) in [6, 6.07) is 11.6. The van der Waals surface area contributed by atoms with Crippen LogP contribution in [0.15, 0.2) is 53.2 Å². The number of nitrogens with one attached hydrogen (secondary N) is 2. The number of hydrogen-bond acceptors (Lipinski definition) is 5. The van der Waals surface area contributed by atoms with Crippen molar-refractivity contribution >= 4 is 33.7 Å². The summed E-state index contributed by atoms with van der Waals surface area (Å²) in [6.07, 6.45) is 3.63. The number of halogens is 1. The summed E-state index contributed by atoms with van der Waals surface area (Å²) in [5.41, 5.74) is 8.06. The molecule has 1 atom stereocenters. The van der Waals surface area contributed by atoms with E-state index in [1.54, 1.807) is 24.8 Å². The molecule has 3 heterocycles. The zero-order valence-electron chi connectivity index (χ0n) is 20.4. The number of fused-ring (bicyclic) bond motifs is 2. The van der Waals surface area contributed by atoms with Crippen LogP contribution in [-0.4, -0.2) is 51.5 Å². The van der Waals surface area contributed by atoms with Crippen LogP contribution in [0.25, 0.3) is 21.9 Å². The van der Waals surface area contributed by atoms with E-state index in [1.807, 2.05) is 30.5 Å². The third-order valence-electron chi connectivity index (χ3n) is 6.94. The van der Waals surface area contributed by atoms with Crippen molar-refractivity contribution in [1.82, 2.24) is 20.4 Å². The van der Waals surface area contributed by atoms with Gasteiger partial charge in [0.25, 0.3) is 0 Å². The molecule has 5 rings (SSSR count). The first-order chi connectivity index (χ1) is 17.2. The van der Waals surface area contributed by atoms with Crippen molar-refractivity contribution in [3.05, 3.63) is 65.7 Å². The van der Waals surface area contributed by atoms with E-state index in [0.717, 1.165) is 27.5 Å². The second-order valence-corrected chi connectivity index (χ2v) is 10.1. The molecule has 9 heteroatoms. The van der Waals surface area contributed by atoms with E-state index in [9.17, 15) is 14.0 Å². The number of H-pyrrole nitrogens is 1. The van der Waals surface area contributed by atoms with Crippen molar-refractivity contribution in [2.75, 3.05) is 13.1 Å². The second kappa shape index (κ2) is 9.39. The highest BCUT2D eigenvalue weighted by atomic mass is 19.1. The summed E-state index contributed by atoms with van der Waals surface area (Å²) in [5.74, 6) is -0.778. The summed E-state index contributed by atoms with van der Waals surface area (Å²) < 4.78 is 18.9. The Kier molecular flexibility index (Phi) is 6.26. The van der Waals surface area contributed by atoms with Gasteiger partial charge in [-0.1, -0.05) is 23.4 Å². The van der Waals surface area contributed by atoms with Crippen LogP contribution < -0.4 is 11.1 Å². The Morgan fingerprint density at radius 3 is 2.72 bits per heavy atom. The van der Waals surface area contributed by atoms with Gasteiger partial charge in [-0.2, -0.15) is 0 Å². The zero-order chi connectivity index (χ0) is 25.4. The number of amides is 2. The number of carbonyl (C=O) groups is 2. The predicted molar refractivity (Wildman–Crippen MR) is 135 cm³/mol. The molecule has 2 aromatic carbocycles. The van der Waals surface area contributed by atoms with E-state index in [2.05, 4.69) is 15.5 Å². The number of piperidine rings is 1. The molecule has 0 bridgehead atoms. The van der Waals surface area contributed by atoms with Crippen LogP contribution in [0.3, 0.4) is 0 Å². The summed E-state index contributed by atoms with van der Waals surface area (Å²) in [7, 11) is 0. The SMILES string of the molecule is CC(C)(N)C(=O)N[C@H](Cc1c[nH]c2ccccc12)C(=O)N1CCC(c2noc3cc(F)ccc23)CC1. The van der Waals surface area contributed by atoms with Crippen LogP contribution in [-0.2, 0) is 16.0 Å². The molecule has 4 N–H and O–H groups in total. The lowest BCUT2D eigenvalue weighted by atomic mass is 9.91. The van der Waals surface area contributed by atoms with Gasteiger partial charge in [0.1, 0.15) is 11.9 Å². The molecule has 0 saturated carbocycles. The van der Waals surface area contributed by atoms with Gasteiger partial charge in [0.05, 0.1) is 11.2 Å². The number of nitrogens with two attached hydrogens (primary N) is 1. The van der Waals surface area contributed by atoms with Crippen molar-refractivity contribution in [1.29, 1.82) is 0 Å².